The summed E-state index contributed by atoms with van der Waals surface area (Å²) in [5, 5.41) is 9.20. The highest BCUT2D eigenvalue weighted by molar-refractivity contribution is 5.98. The molecule has 2 N–H and O–H groups in total. The third-order valence-corrected chi connectivity index (χ3v) is 3.52. The van der Waals surface area contributed by atoms with Crippen LogP contribution in [0.15, 0.2) is 24.4 Å². The Bertz CT molecular complexity index is 846. The first-order valence-electron chi connectivity index (χ1n) is 7.22. The summed E-state index contributed by atoms with van der Waals surface area (Å²) in [5.41, 5.74) is 7.42. The Labute approximate surface area is 139 Å². The van der Waals surface area contributed by atoms with Gasteiger partial charge in [-0.15, -0.1) is 0 Å². The maximum absolute atomic E-state index is 12.3. The van der Waals surface area contributed by atoms with Gasteiger partial charge in [0.2, 0.25) is 0 Å². The second-order valence-corrected chi connectivity index (χ2v) is 4.97. The van der Waals surface area contributed by atoms with Gasteiger partial charge in [-0.05, 0) is 25.5 Å². The van der Waals surface area contributed by atoms with Crippen LogP contribution in [-0.4, -0.2) is 30.2 Å². The summed E-state index contributed by atoms with van der Waals surface area (Å²) in [4.78, 5) is 24.4. The molecule has 0 aliphatic carbocycles. The maximum atomic E-state index is 12.3. The fourth-order valence-corrected chi connectivity index (χ4v) is 2.44. The Hall–Kier alpha value is -3.27. The van der Waals surface area contributed by atoms with Gasteiger partial charge >= 0.3 is 11.9 Å². The van der Waals surface area contributed by atoms with Crippen molar-refractivity contribution in [2.24, 2.45) is 0 Å². The monoisotopic (exact) mass is 327 g/mol. The summed E-state index contributed by atoms with van der Waals surface area (Å²) in [5.74, 6) is -1.23. The number of aryl methyl sites for hydroxylation is 1. The van der Waals surface area contributed by atoms with Crippen LogP contribution in [0.25, 0.3) is 5.69 Å². The molecule has 1 aromatic heterocycles. The average molecular weight is 327 g/mol. The van der Waals surface area contributed by atoms with Gasteiger partial charge in [-0.3, -0.25) is 0 Å². The van der Waals surface area contributed by atoms with E-state index >= 15 is 0 Å². The number of carbonyl (C=O) groups excluding carboxylic acids is 2. The lowest BCUT2D eigenvalue weighted by Crippen LogP contribution is -2.16. The zero-order valence-electron chi connectivity index (χ0n) is 13.6. The first-order valence-corrected chi connectivity index (χ1v) is 7.22. The van der Waals surface area contributed by atoms with E-state index in [-0.39, 0.29) is 29.1 Å². The van der Waals surface area contributed by atoms with Crippen molar-refractivity contribution < 1.29 is 19.1 Å². The molecule has 0 amide bonds. The lowest BCUT2D eigenvalue weighted by Gasteiger charge is -2.15. The van der Waals surface area contributed by atoms with Crippen LogP contribution in [-0.2, 0) is 9.47 Å². The quantitative estimate of drug-likeness (QED) is 0.863. The Kier molecular flexibility index (Phi) is 4.90. The van der Waals surface area contributed by atoms with Gasteiger partial charge in [0.1, 0.15) is 6.07 Å². The molecule has 0 aliphatic rings. The van der Waals surface area contributed by atoms with Crippen LogP contribution in [0.2, 0.25) is 0 Å². The minimum Gasteiger partial charge on any atom is -0.464 e. The number of benzene rings is 1. The fourth-order valence-electron chi connectivity index (χ4n) is 2.44. The minimum atomic E-state index is -0.702. The van der Waals surface area contributed by atoms with Gasteiger partial charge in [0, 0.05) is 6.20 Å². The number of nitrogens with zero attached hydrogens (tertiary/aromatic N) is 2. The lowest BCUT2D eigenvalue weighted by atomic mass is 10.1. The van der Waals surface area contributed by atoms with Crippen LogP contribution in [0.4, 0.5) is 5.69 Å². The van der Waals surface area contributed by atoms with Crippen molar-refractivity contribution in [2.45, 2.75) is 13.8 Å². The summed E-state index contributed by atoms with van der Waals surface area (Å²) in [6.45, 7) is 3.70. The summed E-state index contributed by atoms with van der Waals surface area (Å²) in [6, 6.07) is 7.00. The largest absolute Gasteiger partial charge is 0.464 e. The van der Waals surface area contributed by atoms with Gasteiger partial charge in [0.15, 0.2) is 5.69 Å². The van der Waals surface area contributed by atoms with Crippen LogP contribution in [0, 0.1) is 18.3 Å². The predicted octanol–water partition coefficient (Wildman–Crippen LogP) is 2.20. The molecule has 0 atom stereocenters. The number of anilines is 1. The number of nitrogen functional groups attached to an aromatic ring is 1. The van der Waals surface area contributed by atoms with Gasteiger partial charge in [-0.2, -0.15) is 5.26 Å². The van der Waals surface area contributed by atoms with E-state index in [1.807, 2.05) is 6.07 Å². The Balaban J connectivity index is 2.80. The van der Waals surface area contributed by atoms with E-state index in [1.165, 1.54) is 17.9 Å². The van der Waals surface area contributed by atoms with Gasteiger partial charge in [0.05, 0.1) is 36.2 Å². The zero-order valence-corrected chi connectivity index (χ0v) is 13.6. The molecule has 0 fully saturated rings. The lowest BCUT2D eigenvalue weighted by molar-refractivity contribution is 0.0523. The van der Waals surface area contributed by atoms with Gasteiger partial charge in [-0.25, -0.2) is 9.59 Å². The van der Waals surface area contributed by atoms with Gasteiger partial charge in [0.25, 0.3) is 0 Å². The van der Waals surface area contributed by atoms with E-state index in [0.29, 0.717) is 11.3 Å². The second kappa shape index (κ2) is 6.87. The molecule has 0 bridgehead atoms. The van der Waals surface area contributed by atoms with Crippen molar-refractivity contribution in [3.63, 3.8) is 0 Å². The third-order valence-electron chi connectivity index (χ3n) is 3.52. The van der Waals surface area contributed by atoms with Gasteiger partial charge in [-0.1, -0.05) is 12.1 Å². The molecule has 0 unspecified atom stereocenters. The van der Waals surface area contributed by atoms with Crippen LogP contribution in [0.5, 0.6) is 0 Å². The van der Waals surface area contributed by atoms with E-state index < -0.39 is 11.9 Å². The summed E-state index contributed by atoms with van der Waals surface area (Å²) < 4.78 is 11.2. The van der Waals surface area contributed by atoms with Crippen LogP contribution in [0.1, 0.15) is 38.9 Å². The maximum Gasteiger partial charge on any atom is 0.357 e. The summed E-state index contributed by atoms with van der Waals surface area (Å²) in [7, 11) is 1.22. The van der Waals surface area contributed by atoms with E-state index in [9.17, 15) is 14.9 Å². The second-order valence-electron chi connectivity index (χ2n) is 4.97. The number of hydrogen-bond donors (Lipinski definition) is 1. The predicted molar refractivity (Wildman–Crippen MR) is 86.9 cm³/mol. The number of aromatic nitrogens is 1. The molecule has 7 heteroatoms. The number of nitrogens with two attached hydrogens (primary N) is 1. The number of rotatable bonds is 4. The van der Waals surface area contributed by atoms with Crippen LogP contribution in [0.3, 0.4) is 0 Å². The van der Waals surface area contributed by atoms with E-state index in [1.54, 1.807) is 32.0 Å². The fraction of sp³-hybridized carbons (Fsp3) is 0.235. The highest BCUT2D eigenvalue weighted by Crippen LogP contribution is 2.29. The zero-order chi connectivity index (χ0) is 17.9. The smallest absolute Gasteiger partial charge is 0.357 e. The van der Waals surface area contributed by atoms with E-state index in [2.05, 4.69) is 0 Å². The third kappa shape index (κ3) is 2.82. The highest BCUT2D eigenvalue weighted by atomic mass is 16.5. The van der Waals surface area contributed by atoms with Crippen molar-refractivity contribution in [1.29, 1.82) is 5.26 Å². The summed E-state index contributed by atoms with van der Waals surface area (Å²) >= 11 is 0. The van der Waals surface area contributed by atoms with Crippen molar-refractivity contribution in [2.75, 3.05) is 19.5 Å². The van der Waals surface area contributed by atoms with Crippen LogP contribution < -0.4 is 5.73 Å². The molecule has 1 aromatic carbocycles. The number of methoxy groups -OCH3 is 1. The molecule has 0 aliphatic heterocycles. The topological polar surface area (TPSA) is 107 Å². The molecule has 0 saturated carbocycles. The standard InChI is InChI=1S/C17H17N3O4/c1-4-24-16(21)12-7-5-6-10(2)14(12)20-9-11(8-18)13(19)15(20)17(22)23-3/h5-7,9H,4,19H2,1-3H3. The average Bonchev–Trinajstić information content (AvgIpc) is 2.90. The number of esters is 2. The SMILES string of the molecule is CCOC(=O)c1cccc(C)c1-n1cc(C#N)c(N)c1C(=O)OC. The summed E-state index contributed by atoms with van der Waals surface area (Å²) in [6.07, 6.45) is 1.41. The molecule has 2 rings (SSSR count). The Morgan fingerprint density at radius 2 is 2.04 bits per heavy atom. The normalized spacial score (nSPS) is 10.1. The Morgan fingerprint density at radius 1 is 1.33 bits per heavy atom. The molecular formula is C17H17N3O4. The molecule has 124 valence electrons. The van der Waals surface area contributed by atoms with Crippen molar-refractivity contribution in [1.82, 2.24) is 4.57 Å². The van der Waals surface area contributed by atoms with Crippen LogP contribution >= 0.6 is 0 Å². The van der Waals surface area contributed by atoms with Crippen molar-refractivity contribution >= 4 is 17.6 Å². The number of carbonyl (C=O) groups is 2. The molecule has 2 aromatic rings. The first-order chi connectivity index (χ1) is 11.5. The van der Waals surface area contributed by atoms with Crippen molar-refractivity contribution in [3.8, 4) is 11.8 Å². The molecule has 0 spiro atoms. The Morgan fingerprint density at radius 3 is 2.62 bits per heavy atom. The first kappa shape index (κ1) is 17.1. The van der Waals surface area contributed by atoms with E-state index in [4.69, 9.17) is 15.2 Å². The number of nitriles is 1. The number of ether oxygens (including phenoxy) is 2. The molecule has 1 heterocycles. The number of hydrogen-bond acceptors (Lipinski definition) is 6. The van der Waals surface area contributed by atoms with Crippen molar-refractivity contribution in [3.05, 3.63) is 46.8 Å². The molecule has 7 nitrogen and oxygen atoms in total. The minimum absolute atomic E-state index is 0.00223. The molecule has 24 heavy (non-hydrogen) atoms. The molecule has 0 radical (unpaired) electrons. The number of para-hydroxylation sites is 1. The molecule has 0 saturated heterocycles. The van der Waals surface area contributed by atoms with E-state index in [0.717, 1.165) is 0 Å². The highest BCUT2D eigenvalue weighted by Gasteiger charge is 2.25. The van der Waals surface area contributed by atoms with Gasteiger partial charge < -0.3 is 19.8 Å². The molecular weight excluding hydrogens is 310 g/mol.